The summed E-state index contributed by atoms with van der Waals surface area (Å²) in [5, 5.41) is 5.28. The van der Waals surface area contributed by atoms with E-state index in [0.717, 1.165) is 24.2 Å². The standard InChI is InChI=1S/C21H24N2O4/c1-3-4-14-27-20(24)18-10-5-6-11-19(18)23-21(25)22-13-12-16-8-7-9-17(15-16)26-2/h5-13,15H,3-4,14H2,1-2H3,(H2,22,23,25)/b13-12+. The van der Waals surface area contributed by atoms with Gasteiger partial charge in [-0.25, -0.2) is 9.59 Å². The number of ether oxygens (including phenoxy) is 2. The summed E-state index contributed by atoms with van der Waals surface area (Å²) in [6.07, 6.45) is 5.01. The molecule has 0 spiro atoms. The lowest BCUT2D eigenvalue weighted by Crippen LogP contribution is -2.25. The van der Waals surface area contributed by atoms with Crippen molar-refractivity contribution in [3.63, 3.8) is 0 Å². The Labute approximate surface area is 159 Å². The first-order valence-corrected chi connectivity index (χ1v) is 8.78. The van der Waals surface area contributed by atoms with E-state index in [1.54, 1.807) is 37.5 Å². The fourth-order valence-corrected chi connectivity index (χ4v) is 2.27. The van der Waals surface area contributed by atoms with Crippen molar-refractivity contribution in [2.75, 3.05) is 19.0 Å². The summed E-state index contributed by atoms with van der Waals surface area (Å²) in [5.74, 6) is 0.281. The van der Waals surface area contributed by atoms with Gasteiger partial charge >= 0.3 is 12.0 Å². The van der Waals surface area contributed by atoms with Crippen LogP contribution in [0, 0.1) is 0 Å². The van der Waals surface area contributed by atoms with Gasteiger partial charge in [0.05, 0.1) is 25.0 Å². The number of hydrogen-bond acceptors (Lipinski definition) is 4. The summed E-state index contributed by atoms with van der Waals surface area (Å²) in [6, 6.07) is 13.7. The highest BCUT2D eigenvalue weighted by Gasteiger charge is 2.13. The van der Waals surface area contributed by atoms with E-state index in [4.69, 9.17) is 9.47 Å². The number of para-hydroxylation sites is 1. The van der Waals surface area contributed by atoms with E-state index in [1.807, 2.05) is 31.2 Å². The highest BCUT2D eigenvalue weighted by atomic mass is 16.5. The predicted molar refractivity (Wildman–Crippen MR) is 106 cm³/mol. The van der Waals surface area contributed by atoms with E-state index in [-0.39, 0.29) is 0 Å². The van der Waals surface area contributed by atoms with Gasteiger partial charge in [-0.15, -0.1) is 0 Å². The summed E-state index contributed by atoms with van der Waals surface area (Å²) in [7, 11) is 1.60. The van der Waals surface area contributed by atoms with Crippen LogP contribution < -0.4 is 15.4 Å². The molecule has 0 aromatic heterocycles. The summed E-state index contributed by atoms with van der Waals surface area (Å²) >= 11 is 0. The maximum atomic E-state index is 12.2. The number of anilines is 1. The molecule has 2 rings (SSSR count). The van der Waals surface area contributed by atoms with Crippen LogP contribution in [0.5, 0.6) is 5.75 Å². The minimum atomic E-state index is -0.456. The average Bonchev–Trinajstić information content (AvgIpc) is 2.68. The molecule has 0 atom stereocenters. The normalized spacial score (nSPS) is 10.4. The molecule has 0 aliphatic carbocycles. The van der Waals surface area contributed by atoms with Gasteiger partial charge in [-0.1, -0.05) is 37.6 Å². The molecule has 0 saturated carbocycles. The van der Waals surface area contributed by atoms with Crippen LogP contribution in [-0.2, 0) is 4.74 Å². The van der Waals surface area contributed by atoms with Crippen molar-refractivity contribution >= 4 is 23.8 Å². The van der Waals surface area contributed by atoms with Crippen LogP contribution in [0.1, 0.15) is 35.7 Å². The molecular weight excluding hydrogens is 344 g/mol. The number of carbonyl (C=O) groups is 2. The second kappa shape index (κ2) is 10.7. The molecule has 0 aliphatic rings. The molecule has 0 unspecified atom stereocenters. The Morgan fingerprint density at radius 3 is 2.70 bits per heavy atom. The minimum absolute atomic E-state index is 0.320. The number of esters is 1. The fourth-order valence-electron chi connectivity index (χ4n) is 2.27. The molecular formula is C21H24N2O4. The Balaban J connectivity index is 1.95. The monoisotopic (exact) mass is 368 g/mol. The molecule has 0 aliphatic heterocycles. The summed E-state index contributed by atoms with van der Waals surface area (Å²) in [4.78, 5) is 24.3. The molecule has 0 bridgehead atoms. The van der Waals surface area contributed by atoms with E-state index in [9.17, 15) is 9.59 Å². The van der Waals surface area contributed by atoms with Crippen molar-refractivity contribution in [1.82, 2.24) is 5.32 Å². The van der Waals surface area contributed by atoms with Gasteiger partial charge in [0, 0.05) is 6.20 Å². The third kappa shape index (κ3) is 6.51. The van der Waals surface area contributed by atoms with Crippen LogP contribution in [0.3, 0.4) is 0 Å². The van der Waals surface area contributed by atoms with Crippen LogP contribution in [-0.4, -0.2) is 25.7 Å². The van der Waals surface area contributed by atoms with Crippen molar-refractivity contribution in [2.24, 2.45) is 0 Å². The first-order valence-electron chi connectivity index (χ1n) is 8.78. The molecule has 27 heavy (non-hydrogen) atoms. The molecule has 0 saturated heterocycles. The number of amides is 2. The smallest absolute Gasteiger partial charge is 0.340 e. The van der Waals surface area contributed by atoms with Gasteiger partial charge in [0.2, 0.25) is 0 Å². The van der Waals surface area contributed by atoms with Crippen LogP contribution in [0.15, 0.2) is 54.7 Å². The maximum Gasteiger partial charge on any atom is 0.340 e. The van der Waals surface area contributed by atoms with E-state index < -0.39 is 12.0 Å². The molecule has 2 aromatic rings. The lowest BCUT2D eigenvalue weighted by Gasteiger charge is -2.10. The zero-order valence-corrected chi connectivity index (χ0v) is 15.5. The highest BCUT2D eigenvalue weighted by Crippen LogP contribution is 2.16. The molecule has 2 aromatic carbocycles. The van der Waals surface area contributed by atoms with Gasteiger partial charge in [0.25, 0.3) is 0 Å². The topological polar surface area (TPSA) is 76.7 Å². The van der Waals surface area contributed by atoms with Gasteiger partial charge in [-0.2, -0.15) is 0 Å². The number of benzene rings is 2. The second-order valence-electron chi connectivity index (χ2n) is 5.74. The van der Waals surface area contributed by atoms with Gasteiger partial charge < -0.3 is 20.1 Å². The quantitative estimate of drug-likeness (QED) is 0.533. The molecule has 2 N–H and O–H groups in total. The van der Waals surface area contributed by atoms with E-state index in [2.05, 4.69) is 10.6 Å². The third-order valence-electron chi connectivity index (χ3n) is 3.71. The SMILES string of the molecule is CCCCOC(=O)c1ccccc1NC(=O)N/C=C/c1cccc(OC)c1. The number of urea groups is 1. The van der Waals surface area contributed by atoms with Crippen LogP contribution >= 0.6 is 0 Å². The van der Waals surface area contributed by atoms with Crippen LogP contribution in [0.2, 0.25) is 0 Å². The molecule has 0 fully saturated rings. The Bertz CT molecular complexity index is 802. The molecule has 6 nitrogen and oxygen atoms in total. The van der Waals surface area contributed by atoms with Crippen molar-refractivity contribution in [3.05, 3.63) is 65.9 Å². The third-order valence-corrected chi connectivity index (χ3v) is 3.71. The van der Waals surface area contributed by atoms with Crippen molar-refractivity contribution in [3.8, 4) is 5.75 Å². The van der Waals surface area contributed by atoms with E-state index >= 15 is 0 Å². The number of nitrogens with one attached hydrogen (secondary N) is 2. The molecule has 2 amide bonds. The van der Waals surface area contributed by atoms with Crippen molar-refractivity contribution in [1.29, 1.82) is 0 Å². The number of rotatable bonds is 8. The zero-order valence-electron chi connectivity index (χ0n) is 15.5. The number of methoxy groups -OCH3 is 1. The summed E-state index contributed by atoms with van der Waals surface area (Å²) in [5.41, 5.74) is 1.60. The fraction of sp³-hybridized carbons (Fsp3) is 0.238. The van der Waals surface area contributed by atoms with Gasteiger partial charge in [-0.3, -0.25) is 0 Å². The molecule has 142 valence electrons. The number of unbranched alkanes of at least 4 members (excludes halogenated alkanes) is 1. The zero-order chi connectivity index (χ0) is 19.5. The Morgan fingerprint density at radius 2 is 1.93 bits per heavy atom. The first kappa shape index (κ1) is 20.0. The number of carbonyl (C=O) groups excluding carboxylic acids is 2. The Morgan fingerprint density at radius 1 is 1.11 bits per heavy atom. The summed E-state index contributed by atoms with van der Waals surface area (Å²) < 4.78 is 10.4. The van der Waals surface area contributed by atoms with Crippen LogP contribution in [0.4, 0.5) is 10.5 Å². The molecule has 0 heterocycles. The molecule has 0 radical (unpaired) electrons. The van der Waals surface area contributed by atoms with Gasteiger partial charge in [0.1, 0.15) is 5.75 Å². The lowest BCUT2D eigenvalue weighted by molar-refractivity contribution is 0.0501. The highest BCUT2D eigenvalue weighted by molar-refractivity contribution is 6.01. The molecule has 6 heteroatoms. The van der Waals surface area contributed by atoms with E-state index in [0.29, 0.717) is 17.9 Å². The Kier molecular flexibility index (Phi) is 7.91. The maximum absolute atomic E-state index is 12.2. The summed E-state index contributed by atoms with van der Waals surface area (Å²) in [6.45, 7) is 2.38. The Hall–Kier alpha value is -3.28. The predicted octanol–water partition coefficient (Wildman–Crippen LogP) is 4.44. The largest absolute Gasteiger partial charge is 0.497 e. The van der Waals surface area contributed by atoms with Gasteiger partial charge in [-0.05, 0) is 42.3 Å². The minimum Gasteiger partial charge on any atom is -0.497 e. The van der Waals surface area contributed by atoms with Gasteiger partial charge in [0.15, 0.2) is 0 Å². The number of hydrogen-bond donors (Lipinski definition) is 2. The van der Waals surface area contributed by atoms with Crippen molar-refractivity contribution < 1.29 is 19.1 Å². The van der Waals surface area contributed by atoms with Crippen LogP contribution in [0.25, 0.3) is 6.08 Å². The average molecular weight is 368 g/mol. The van der Waals surface area contributed by atoms with Crippen molar-refractivity contribution in [2.45, 2.75) is 19.8 Å². The lowest BCUT2D eigenvalue weighted by atomic mass is 10.2. The first-order chi connectivity index (χ1) is 13.1. The second-order valence-corrected chi connectivity index (χ2v) is 5.74. The van der Waals surface area contributed by atoms with E-state index in [1.165, 1.54) is 6.20 Å².